The standard InChI is InChI=1S/C11H23NOS/c1-8(2)9(3)14-7-11(13,6-12)10-4-5-10/h8-10,13H,4-7,12H2,1-3H3. The largest absolute Gasteiger partial charge is 0.387 e. The molecule has 3 heteroatoms. The molecule has 0 aromatic carbocycles. The molecule has 1 saturated carbocycles. The first kappa shape index (κ1) is 12.3. The summed E-state index contributed by atoms with van der Waals surface area (Å²) in [7, 11) is 0. The van der Waals surface area contributed by atoms with E-state index in [4.69, 9.17) is 5.73 Å². The van der Waals surface area contributed by atoms with Crippen molar-refractivity contribution in [1.82, 2.24) is 0 Å². The molecule has 84 valence electrons. The van der Waals surface area contributed by atoms with Crippen LogP contribution in [-0.4, -0.2) is 28.3 Å². The van der Waals surface area contributed by atoms with Gasteiger partial charge >= 0.3 is 0 Å². The van der Waals surface area contributed by atoms with Crippen molar-refractivity contribution in [2.24, 2.45) is 17.6 Å². The Balaban J connectivity index is 2.33. The fraction of sp³-hybridized carbons (Fsp3) is 1.00. The van der Waals surface area contributed by atoms with E-state index < -0.39 is 5.60 Å². The Labute approximate surface area is 91.6 Å². The Kier molecular flexibility index (Phi) is 4.29. The van der Waals surface area contributed by atoms with Gasteiger partial charge in [-0.3, -0.25) is 0 Å². The molecule has 1 rings (SSSR count). The highest BCUT2D eigenvalue weighted by atomic mass is 32.2. The predicted octanol–water partition coefficient (Wildman–Crippen LogP) is 1.86. The summed E-state index contributed by atoms with van der Waals surface area (Å²) in [6.07, 6.45) is 2.31. The highest BCUT2D eigenvalue weighted by Crippen LogP contribution is 2.41. The molecular formula is C11H23NOS. The van der Waals surface area contributed by atoms with E-state index in [9.17, 15) is 5.11 Å². The third kappa shape index (κ3) is 3.14. The number of hydrogen-bond acceptors (Lipinski definition) is 3. The number of nitrogens with two attached hydrogens (primary N) is 1. The van der Waals surface area contributed by atoms with Crippen LogP contribution in [0.15, 0.2) is 0 Å². The van der Waals surface area contributed by atoms with Gasteiger partial charge in [0.05, 0.1) is 5.60 Å². The lowest BCUT2D eigenvalue weighted by Gasteiger charge is -2.28. The minimum Gasteiger partial charge on any atom is -0.387 e. The zero-order valence-corrected chi connectivity index (χ0v) is 10.3. The summed E-state index contributed by atoms with van der Waals surface area (Å²) in [4.78, 5) is 0. The van der Waals surface area contributed by atoms with Crippen LogP contribution in [0, 0.1) is 11.8 Å². The van der Waals surface area contributed by atoms with Crippen LogP contribution in [-0.2, 0) is 0 Å². The fourth-order valence-corrected chi connectivity index (χ4v) is 2.72. The fourth-order valence-electron chi connectivity index (χ4n) is 1.43. The van der Waals surface area contributed by atoms with Crippen molar-refractivity contribution in [2.75, 3.05) is 12.3 Å². The minimum absolute atomic E-state index is 0.412. The summed E-state index contributed by atoms with van der Waals surface area (Å²) in [6, 6.07) is 0. The van der Waals surface area contributed by atoms with Crippen molar-refractivity contribution >= 4 is 11.8 Å². The first-order valence-corrected chi connectivity index (χ1v) is 6.58. The van der Waals surface area contributed by atoms with Gasteiger partial charge in [-0.25, -0.2) is 0 Å². The van der Waals surface area contributed by atoms with Crippen LogP contribution in [0.25, 0.3) is 0 Å². The van der Waals surface area contributed by atoms with E-state index in [-0.39, 0.29) is 0 Å². The number of rotatable bonds is 6. The molecule has 2 atom stereocenters. The molecule has 2 unspecified atom stereocenters. The summed E-state index contributed by atoms with van der Waals surface area (Å²) in [5.41, 5.74) is 5.06. The Morgan fingerprint density at radius 1 is 1.43 bits per heavy atom. The lowest BCUT2D eigenvalue weighted by molar-refractivity contribution is 0.0509. The van der Waals surface area contributed by atoms with Crippen molar-refractivity contribution in [3.63, 3.8) is 0 Å². The molecule has 0 radical (unpaired) electrons. The molecule has 0 aromatic heterocycles. The third-order valence-electron chi connectivity index (χ3n) is 3.23. The van der Waals surface area contributed by atoms with Gasteiger partial charge in [-0.2, -0.15) is 11.8 Å². The van der Waals surface area contributed by atoms with E-state index in [1.807, 2.05) is 11.8 Å². The molecule has 1 aliphatic carbocycles. The van der Waals surface area contributed by atoms with E-state index in [1.54, 1.807) is 0 Å². The number of hydrogen-bond donors (Lipinski definition) is 2. The van der Waals surface area contributed by atoms with E-state index in [2.05, 4.69) is 20.8 Å². The van der Waals surface area contributed by atoms with Crippen LogP contribution < -0.4 is 5.73 Å². The summed E-state index contributed by atoms with van der Waals surface area (Å²) in [5.74, 6) is 1.94. The third-order valence-corrected chi connectivity index (χ3v) is 4.96. The molecule has 14 heavy (non-hydrogen) atoms. The van der Waals surface area contributed by atoms with Gasteiger partial charge in [0.2, 0.25) is 0 Å². The van der Waals surface area contributed by atoms with Crippen molar-refractivity contribution in [1.29, 1.82) is 0 Å². The second-order valence-corrected chi connectivity index (χ2v) is 6.21. The van der Waals surface area contributed by atoms with Crippen LogP contribution in [0.3, 0.4) is 0 Å². The van der Waals surface area contributed by atoms with Gasteiger partial charge < -0.3 is 10.8 Å². The van der Waals surface area contributed by atoms with Gasteiger partial charge in [0.15, 0.2) is 0 Å². The average Bonchev–Trinajstić information content (AvgIpc) is 2.96. The van der Waals surface area contributed by atoms with E-state index in [1.165, 1.54) is 0 Å². The van der Waals surface area contributed by atoms with Gasteiger partial charge in [-0.1, -0.05) is 20.8 Å². The van der Waals surface area contributed by atoms with E-state index in [0.29, 0.717) is 23.6 Å². The number of thioether (sulfide) groups is 1. The lowest BCUT2D eigenvalue weighted by Crippen LogP contribution is -2.43. The second kappa shape index (κ2) is 4.86. The quantitative estimate of drug-likeness (QED) is 0.714. The van der Waals surface area contributed by atoms with Crippen LogP contribution in [0.2, 0.25) is 0 Å². The SMILES string of the molecule is CC(C)C(C)SCC(O)(CN)C1CC1. The molecule has 0 aliphatic heterocycles. The van der Waals surface area contributed by atoms with Crippen LogP contribution >= 0.6 is 11.8 Å². The molecule has 0 spiro atoms. The first-order valence-electron chi connectivity index (χ1n) is 5.53. The zero-order valence-electron chi connectivity index (χ0n) is 9.49. The normalized spacial score (nSPS) is 23.6. The molecule has 0 bridgehead atoms. The summed E-state index contributed by atoms with van der Waals surface area (Å²) >= 11 is 1.85. The lowest BCUT2D eigenvalue weighted by atomic mass is 10.0. The summed E-state index contributed by atoms with van der Waals surface area (Å²) in [6.45, 7) is 7.07. The second-order valence-electron chi connectivity index (χ2n) is 4.84. The molecule has 0 heterocycles. The molecular weight excluding hydrogens is 194 g/mol. The van der Waals surface area contributed by atoms with Crippen LogP contribution in [0.1, 0.15) is 33.6 Å². The van der Waals surface area contributed by atoms with E-state index >= 15 is 0 Å². The first-order chi connectivity index (χ1) is 6.49. The van der Waals surface area contributed by atoms with Gasteiger partial charge in [0, 0.05) is 17.5 Å². The summed E-state index contributed by atoms with van der Waals surface area (Å²) < 4.78 is 0. The van der Waals surface area contributed by atoms with Gasteiger partial charge in [0.25, 0.3) is 0 Å². The predicted molar refractivity (Wildman–Crippen MR) is 63.5 cm³/mol. The Morgan fingerprint density at radius 2 is 2.00 bits per heavy atom. The maximum Gasteiger partial charge on any atom is 0.0887 e. The summed E-state index contributed by atoms with van der Waals surface area (Å²) in [5, 5.41) is 10.8. The van der Waals surface area contributed by atoms with Crippen molar-refractivity contribution in [3.8, 4) is 0 Å². The van der Waals surface area contributed by atoms with Gasteiger partial charge in [-0.05, 0) is 24.7 Å². The highest BCUT2D eigenvalue weighted by molar-refractivity contribution is 7.99. The van der Waals surface area contributed by atoms with Crippen molar-refractivity contribution < 1.29 is 5.11 Å². The topological polar surface area (TPSA) is 46.2 Å². The van der Waals surface area contributed by atoms with Gasteiger partial charge in [-0.15, -0.1) is 0 Å². The molecule has 0 saturated heterocycles. The molecule has 0 amide bonds. The monoisotopic (exact) mass is 217 g/mol. The molecule has 1 aliphatic rings. The maximum atomic E-state index is 10.2. The maximum absolute atomic E-state index is 10.2. The smallest absolute Gasteiger partial charge is 0.0887 e. The molecule has 3 N–H and O–H groups in total. The molecule has 0 aromatic rings. The van der Waals surface area contributed by atoms with Gasteiger partial charge in [0.1, 0.15) is 0 Å². The highest BCUT2D eigenvalue weighted by Gasteiger charge is 2.42. The van der Waals surface area contributed by atoms with Crippen molar-refractivity contribution in [2.45, 2.75) is 44.5 Å². The zero-order chi connectivity index (χ0) is 10.8. The van der Waals surface area contributed by atoms with Crippen LogP contribution in [0.5, 0.6) is 0 Å². The van der Waals surface area contributed by atoms with Crippen LogP contribution in [0.4, 0.5) is 0 Å². The Morgan fingerprint density at radius 3 is 2.36 bits per heavy atom. The minimum atomic E-state index is -0.589. The Hall–Kier alpha value is 0.270. The Bertz CT molecular complexity index is 182. The average molecular weight is 217 g/mol. The van der Waals surface area contributed by atoms with E-state index in [0.717, 1.165) is 18.6 Å². The molecule has 2 nitrogen and oxygen atoms in total. The molecule has 1 fully saturated rings. The van der Waals surface area contributed by atoms with Crippen molar-refractivity contribution in [3.05, 3.63) is 0 Å². The number of aliphatic hydroxyl groups is 1.